The molecule has 1 N–H and O–H groups in total. The first-order valence-electron chi connectivity index (χ1n) is 4.46. The van der Waals surface area contributed by atoms with Crippen molar-refractivity contribution < 1.29 is 9.84 Å². The zero-order valence-electron chi connectivity index (χ0n) is 7.97. The van der Waals surface area contributed by atoms with Gasteiger partial charge in [-0.15, -0.1) is 11.8 Å². The molecule has 0 bridgehead atoms. The summed E-state index contributed by atoms with van der Waals surface area (Å²) in [7, 11) is 0. The minimum absolute atomic E-state index is 0.325. The van der Waals surface area contributed by atoms with Crippen molar-refractivity contribution in [2.45, 2.75) is 39.2 Å². The highest BCUT2D eigenvalue weighted by atomic mass is 16.5. The Kier molecular flexibility index (Phi) is 8.20. The lowest BCUT2D eigenvalue weighted by molar-refractivity contribution is 0.0843. The van der Waals surface area contributed by atoms with Crippen molar-refractivity contribution in [1.82, 2.24) is 0 Å². The molecule has 0 aliphatic heterocycles. The van der Waals surface area contributed by atoms with Gasteiger partial charge in [0.25, 0.3) is 0 Å². The summed E-state index contributed by atoms with van der Waals surface area (Å²) in [5.41, 5.74) is 0. The fraction of sp³-hybridized carbons (Fsp3) is 0.800. The number of aliphatic hydroxyl groups excluding tert-OH is 1. The first-order valence-corrected chi connectivity index (χ1v) is 4.46. The van der Waals surface area contributed by atoms with Gasteiger partial charge in [-0.1, -0.05) is 6.92 Å². The van der Waals surface area contributed by atoms with Crippen molar-refractivity contribution in [2.75, 3.05) is 13.2 Å². The Hall–Kier alpha value is -0.520. The molecular formula is C10H18O2. The van der Waals surface area contributed by atoms with Crippen LogP contribution >= 0.6 is 0 Å². The summed E-state index contributed by atoms with van der Waals surface area (Å²) in [5, 5.41) is 9.30. The molecule has 70 valence electrons. The van der Waals surface area contributed by atoms with Crippen molar-refractivity contribution in [3.05, 3.63) is 0 Å². The van der Waals surface area contributed by atoms with Crippen molar-refractivity contribution >= 4 is 0 Å². The highest BCUT2D eigenvalue weighted by molar-refractivity contribution is 4.96. The third kappa shape index (κ3) is 7.59. The fourth-order valence-electron chi connectivity index (χ4n) is 0.788. The van der Waals surface area contributed by atoms with E-state index in [4.69, 9.17) is 4.74 Å². The van der Waals surface area contributed by atoms with Crippen LogP contribution in [0, 0.1) is 11.8 Å². The summed E-state index contributed by atoms with van der Waals surface area (Å²) in [5.74, 6) is 5.58. The van der Waals surface area contributed by atoms with Crippen molar-refractivity contribution in [3.63, 3.8) is 0 Å². The second-order valence-electron chi connectivity index (χ2n) is 2.69. The summed E-state index contributed by atoms with van der Waals surface area (Å²) < 4.78 is 5.23. The van der Waals surface area contributed by atoms with Gasteiger partial charge in [0.1, 0.15) is 0 Å². The molecule has 0 fully saturated rings. The predicted molar refractivity (Wildman–Crippen MR) is 49.8 cm³/mol. The van der Waals surface area contributed by atoms with Crippen LogP contribution in [0.5, 0.6) is 0 Å². The zero-order valence-corrected chi connectivity index (χ0v) is 7.97. The molecule has 0 aromatic carbocycles. The van der Waals surface area contributed by atoms with Crippen LogP contribution in [0.2, 0.25) is 0 Å². The maximum Gasteiger partial charge on any atom is 0.0671 e. The minimum atomic E-state index is -0.325. The van der Waals surface area contributed by atoms with Gasteiger partial charge in [-0.3, -0.25) is 0 Å². The smallest absolute Gasteiger partial charge is 0.0671 e. The van der Waals surface area contributed by atoms with E-state index in [1.54, 1.807) is 6.92 Å². The van der Waals surface area contributed by atoms with Gasteiger partial charge in [0.2, 0.25) is 0 Å². The van der Waals surface area contributed by atoms with Gasteiger partial charge < -0.3 is 9.84 Å². The van der Waals surface area contributed by atoms with Gasteiger partial charge in [-0.05, 0) is 19.8 Å². The van der Waals surface area contributed by atoms with Crippen LogP contribution in [0.3, 0.4) is 0 Å². The molecule has 0 aliphatic carbocycles. The van der Waals surface area contributed by atoms with Crippen LogP contribution < -0.4 is 0 Å². The summed E-state index contributed by atoms with van der Waals surface area (Å²) >= 11 is 0. The van der Waals surface area contributed by atoms with E-state index in [0.717, 1.165) is 13.0 Å². The summed E-state index contributed by atoms with van der Waals surface area (Å²) in [4.78, 5) is 0. The quantitative estimate of drug-likeness (QED) is 0.484. The average molecular weight is 170 g/mol. The van der Waals surface area contributed by atoms with Crippen molar-refractivity contribution in [2.24, 2.45) is 0 Å². The van der Waals surface area contributed by atoms with E-state index in [-0.39, 0.29) is 6.10 Å². The van der Waals surface area contributed by atoms with E-state index < -0.39 is 0 Å². The van der Waals surface area contributed by atoms with Gasteiger partial charge in [-0.25, -0.2) is 0 Å². The lowest BCUT2D eigenvalue weighted by Gasteiger charge is -2.06. The van der Waals surface area contributed by atoms with Crippen LogP contribution in [0.25, 0.3) is 0 Å². The Balaban J connectivity index is 3.17. The van der Waals surface area contributed by atoms with Crippen LogP contribution in [-0.2, 0) is 4.74 Å². The normalized spacial score (nSPS) is 11.9. The Bertz CT molecular complexity index is 144. The molecule has 2 heteroatoms. The number of ether oxygens (including phenoxy) is 1. The lowest BCUT2D eigenvalue weighted by Crippen LogP contribution is -2.09. The number of rotatable bonds is 6. The molecule has 0 heterocycles. The van der Waals surface area contributed by atoms with Crippen molar-refractivity contribution in [3.8, 4) is 11.8 Å². The molecule has 0 rings (SSSR count). The predicted octanol–water partition coefficient (Wildman–Crippen LogP) is 1.58. The average Bonchev–Trinajstić information content (AvgIpc) is 2.09. The van der Waals surface area contributed by atoms with E-state index in [1.807, 2.05) is 0 Å². The molecule has 0 spiro atoms. The molecule has 2 nitrogen and oxygen atoms in total. The van der Waals surface area contributed by atoms with Gasteiger partial charge in [-0.2, -0.15) is 0 Å². The minimum Gasteiger partial charge on any atom is -0.392 e. The summed E-state index contributed by atoms with van der Waals surface area (Å²) in [6, 6.07) is 0. The second kappa shape index (κ2) is 8.58. The van der Waals surface area contributed by atoms with Gasteiger partial charge in [0.15, 0.2) is 0 Å². The van der Waals surface area contributed by atoms with E-state index in [9.17, 15) is 5.11 Å². The summed E-state index contributed by atoms with van der Waals surface area (Å²) in [6.07, 6.45) is 1.96. The molecule has 12 heavy (non-hydrogen) atoms. The van der Waals surface area contributed by atoms with E-state index in [2.05, 4.69) is 18.8 Å². The largest absolute Gasteiger partial charge is 0.392 e. The number of hydrogen-bond acceptors (Lipinski definition) is 2. The Morgan fingerprint density at radius 3 is 2.75 bits per heavy atom. The van der Waals surface area contributed by atoms with Crippen LogP contribution in [0.4, 0.5) is 0 Å². The van der Waals surface area contributed by atoms with E-state index >= 15 is 0 Å². The second-order valence-corrected chi connectivity index (χ2v) is 2.69. The topological polar surface area (TPSA) is 29.5 Å². The molecule has 0 radical (unpaired) electrons. The van der Waals surface area contributed by atoms with Gasteiger partial charge in [0, 0.05) is 19.6 Å². The fourth-order valence-corrected chi connectivity index (χ4v) is 0.788. The summed E-state index contributed by atoms with van der Waals surface area (Å²) in [6.45, 7) is 5.27. The molecule has 0 amide bonds. The molecule has 0 aromatic heterocycles. The van der Waals surface area contributed by atoms with E-state index in [0.29, 0.717) is 19.4 Å². The molecule has 1 unspecified atom stereocenters. The van der Waals surface area contributed by atoms with E-state index in [1.165, 1.54) is 0 Å². The van der Waals surface area contributed by atoms with Gasteiger partial charge in [0.05, 0.1) is 6.10 Å². The third-order valence-corrected chi connectivity index (χ3v) is 1.46. The molecule has 0 aliphatic rings. The lowest BCUT2D eigenvalue weighted by atomic mass is 10.2. The number of aliphatic hydroxyl groups is 1. The van der Waals surface area contributed by atoms with Gasteiger partial charge >= 0.3 is 0 Å². The Morgan fingerprint density at radius 2 is 2.17 bits per heavy atom. The van der Waals surface area contributed by atoms with Crippen LogP contribution in [-0.4, -0.2) is 24.4 Å². The Labute approximate surface area is 74.9 Å². The third-order valence-electron chi connectivity index (χ3n) is 1.46. The molecule has 0 saturated heterocycles. The molecule has 0 saturated carbocycles. The standard InChI is InChI=1S/C10H18O2/c1-3-5-6-10(11)7-9-12-8-4-2/h10-11H,4,6-9H2,1-2H3. The number of hydrogen-bond donors (Lipinski definition) is 1. The maximum absolute atomic E-state index is 9.30. The highest BCUT2D eigenvalue weighted by Crippen LogP contribution is 1.97. The molecule has 0 aromatic rings. The SMILES string of the molecule is CC#CCC(O)CCOCCC. The molecule has 1 atom stereocenters. The first kappa shape index (κ1) is 11.5. The van der Waals surface area contributed by atoms with Crippen LogP contribution in [0.15, 0.2) is 0 Å². The molecular weight excluding hydrogens is 152 g/mol. The van der Waals surface area contributed by atoms with Crippen LogP contribution in [0.1, 0.15) is 33.1 Å². The Morgan fingerprint density at radius 1 is 1.42 bits per heavy atom. The zero-order chi connectivity index (χ0) is 9.23. The monoisotopic (exact) mass is 170 g/mol. The van der Waals surface area contributed by atoms with Crippen molar-refractivity contribution in [1.29, 1.82) is 0 Å². The first-order chi connectivity index (χ1) is 5.81. The highest BCUT2D eigenvalue weighted by Gasteiger charge is 2.00. The maximum atomic E-state index is 9.30.